The number of rotatable bonds is 2. The maximum atomic E-state index is 4.85. The van der Waals surface area contributed by atoms with E-state index >= 15 is 0 Å². The molecule has 33 heavy (non-hydrogen) atoms. The topological polar surface area (TPSA) is 19.4 Å². The van der Waals surface area contributed by atoms with E-state index in [1.165, 1.54) is 44.8 Å². The quantitative estimate of drug-likeness (QED) is 0.349. The zero-order valence-electron chi connectivity index (χ0n) is 19.5. The van der Waals surface area contributed by atoms with Gasteiger partial charge in [-0.15, -0.1) is 0 Å². The van der Waals surface area contributed by atoms with Gasteiger partial charge in [-0.1, -0.05) is 68.4 Å². The van der Waals surface area contributed by atoms with E-state index in [0.717, 1.165) is 18.7 Å². The summed E-state index contributed by atoms with van der Waals surface area (Å²) in [5.74, 6) is 1.43. The fourth-order valence-corrected chi connectivity index (χ4v) is 5.67. The Morgan fingerprint density at radius 1 is 0.758 bits per heavy atom. The third-order valence-electron chi connectivity index (χ3n) is 7.13. The van der Waals surface area contributed by atoms with Crippen molar-refractivity contribution in [2.45, 2.75) is 39.5 Å². The highest BCUT2D eigenvalue weighted by molar-refractivity contribution is 6.85. The van der Waals surface area contributed by atoms with Crippen LogP contribution < -0.4 is 15.1 Å². The van der Waals surface area contributed by atoms with E-state index in [-0.39, 0.29) is 6.98 Å². The van der Waals surface area contributed by atoms with Crippen LogP contribution in [0.3, 0.4) is 0 Å². The summed E-state index contributed by atoms with van der Waals surface area (Å²) >= 11 is 0. The molecular weight excluding hydrogens is 401 g/mol. The summed E-state index contributed by atoms with van der Waals surface area (Å²) in [5, 5.41) is 0. The summed E-state index contributed by atoms with van der Waals surface area (Å²) in [6.45, 7) is 6.86. The number of pyridine rings is 1. The van der Waals surface area contributed by atoms with E-state index in [0.29, 0.717) is 5.92 Å². The zero-order valence-corrected chi connectivity index (χ0v) is 19.5. The first-order chi connectivity index (χ1) is 16.1. The Bertz CT molecular complexity index is 1330. The molecule has 4 aromatic rings. The van der Waals surface area contributed by atoms with Crippen LogP contribution in [-0.2, 0) is 12.8 Å². The average Bonchev–Trinajstić information content (AvgIpc) is 3.17. The minimum absolute atomic E-state index is 0.0195. The Kier molecular flexibility index (Phi) is 4.76. The highest BCUT2D eigenvalue weighted by atomic mass is 15.3. The molecule has 6 rings (SSSR count). The van der Waals surface area contributed by atoms with Crippen LogP contribution >= 0.6 is 0 Å². The van der Waals surface area contributed by atoms with Crippen molar-refractivity contribution in [1.82, 2.24) is 4.98 Å². The van der Waals surface area contributed by atoms with Gasteiger partial charge < -0.3 is 9.62 Å². The van der Waals surface area contributed by atoms with E-state index in [1.807, 2.05) is 12.3 Å². The average molecular weight is 429 g/mol. The molecule has 3 aromatic carbocycles. The maximum Gasteiger partial charge on any atom is 0.422 e. The lowest BCUT2D eigenvalue weighted by Gasteiger charge is -2.35. The smallest absolute Gasteiger partial charge is 0.360 e. The molecule has 0 fully saturated rings. The fourth-order valence-electron chi connectivity index (χ4n) is 5.67. The predicted molar refractivity (Wildman–Crippen MR) is 139 cm³/mol. The first kappa shape index (κ1) is 20.1. The molecule has 162 valence electrons. The van der Waals surface area contributed by atoms with Crippen molar-refractivity contribution in [1.29, 1.82) is 0 Å². The van der Waals surface area contributed by atoms with Crippen molar-refractivity contribution in [2.24, 2.45) is 0 Å². The van der Waals surface area contributed by atoms with Crippen molar-refractivity contribution in [2.75, 3.05) is 9.62 Å². The number of para-hydroxylation sites is 2. The molecule has 0 atom stereocenters. The summed E-state index contributed by atoms with van der Waals surface area (Å²) in [6, 6.07) is 28.7. The SMILES string of the molecule is Cc1cccc2c1N(c1ccccn1)B1c3c(cccc3C(C)C)CCc3ccccc3N12. The highest BCUT2D eigenvalue weighted by Gasteiger charge is 2.47. The van der Waals surface area contributed by atoms with E-state index in [4.69, 9.17) is 4.98 Å². The van der Waals surface area contributed by atoms with Gasteiger partial charge in [-0.25, -0.2) is 4.98 Å². The van der Waals surface area contributed by atoms with Gasteiger partial charge in [0.15, 0.2) is 0 Å². The lowest BCUT2D eigenvalue weighted by molar-refractivity contribution is 0.864. The molecule has 0 amide bonds. The molecule has 0 aliphatic carbocycles. The number of fused-ring (bicyclic) bond motifs is 7. The summed E-state index contributed by atoms with van der Waals surface area (Å²) < 4.78 is 0. The van der Waals surface area contributed by atoms with Crippen molar-refractivity contribution in [3.05, 3.63) is 107 Å². The minimum Gasteiger partial charge on any atom is -0.360 e. The lowest BCUT2D eigenvalue weighted by Crippen LogP contribution is -2.56. The first-order valence-corrected chi connectivity index (χ1v) is 11.9. The van der Waals surface area contributed by atoms with Crippen LogP contribution in [0, 0.1) is 6.92 Å². The van der Waals surface area contributed by atoms with Gasteiger partial charge in [-0.05, 0) is 77.7 Å². The van der Waals surface area contributed by atoms with Crippen molar-refractivity contribution in [3.63, 3.8) is 0 Å². The van der Waals surface area contributed by atoms with Gasteiger partial charge in [0.25, 0.3) is 0 Å². The molecule has 1 aromatic heterocycles. The Hall–Kier alpha value is -3.53. The van der Waals surface area contributed by atoms with E-state index in [9.17, 15) is 0 Å². The summed E-state index contributed by atoms with van der Waals surface area (Å²) in [6.07, 6.45) is 3.99. The summed E-state index contributed by atoms with van der Waals surface area (Å²) in [4.78, 5) is 9.88. The molecule has 0 saturated carbocycles. The normalized spacial score (nSPS) is 14.4. The molecule has 3 nitrogen and oxygen atoms in total. The molecule has 0 saturated heterocycles. The van der Waals surface area contributed by atoms with Crippen LogP contribution in [0.15, 0.2) is 85.1 Å². The van der Waals surface area contributed by atoms with Crippen LogP contribution in [0.5, 0.6) is 0 Å². The Balaban J connectivity index is 1.73. The molecule has 0 unspecified atom stereocenters. The number of benzene rings is 3. The van der Waals surface area contributed by atoms with E-state index < -0.39 is 0 Å². The Morgan fingerprint density at radius 3 is 2.30 bits per heavy atom. The zero-order chi connectivity index (χ0) is 22.5. The monoisotopic (exact) mass is 429 g/mol. The van der Waals surface area contributed by atoms with Gasteiger partial charge in [0.2, 0.25) is 0 Å². The van der Waals surface area contributed by atoms with Crippen LogP contribution in [0.25, 0.3) is 0 Å². The van der Waals surface area contributed by atoms with Gasteiger partial charge in [-0.3, -0.25) is 0 Å². The number of hydrogen-bond donors (Lipinski definition) is 0. The second-order valence-corrected chi connectivity index (χ2v) is 9.45. The molecule has 2 aliphatic rings. The first-order valence-electron chi connectivity index (χ1n) is 11.9. The largest absolute Gasteiger partial charge is 0.422 e. The van der Waals surface area contributed by atoms with Crippen molar-refractivity contribution >= 4 is 35.3 Å². The maximum absolute atomic E-state index is 4.85. The Labute approximate surface area is 196 Å². The van der Waals surface area contributed by atoms with E-state index in [2.05, 4.69) is 103 Å². The molecule has 4 heteroatoms. The standard InChI is InChI=1S/C29H28BN3/c1-20(2)24-13-9-12-23-18-17-22-11-4-5-14-25(22)32-26-15-8-10-21(3)29(26)33(30(32)28(23)24)27-16-6-7-19-31-27/h4-16,19-20H,17-18H2,1-3H3. The van der Waals surface area contributed by atoms with Crippen LogP contribution in [0.1, 0.15) is 42.0 Å². The van der Waals surface area contributed by atoms with Gasteiger partial charge in [-0.2, -0.15) is 0 Å². The van der Waals surface area contributed by atoms with Crippen molar-refractivity contribution in [3.8, 4) is 0 Å². The van der Waals surface area contributed by atoms with Gasteiger partial charge in [0, 0.05) is 11.9 Å². The van der Waals surface area contributed by atoms with E-state index in [1.54, 1.807) is 0 Å². The van der Waals surface area contributed by atoms with Gasteiger partial charge >= 0.3 is 6.98 Å². The third kappa shape index (κ3) is 3.08. The molecule has 0 spiro atoms. The predicted octanol–water partition coefficient (Wildman–Crippen LogP) is 6.30. The Morgan fingerprint density at radius 2 is 1.48 bits per heavy atom. The van der Waals surface area contributed by atoms with Crippen LogP contribution in [-0.4, -0.2) is 12.0 Å². The van der Waals surface area contributed by atoms with Gasteiger partial charge in [0.1, 0.15) is 5.82 Å². The molecule has 0 N–H and O–H groups in total. The summed E-state index contributed by atoms with van der Waals surface area (Å²) in [5.41, 5.74) is 10.8. The number of hydrogen-bond acceptors (Lipinski definition) is 3. The fraction of sp³-hybridized carbons (Fsp3) is 0.207. The molecule has 0 radical (unpaired) electrons. The lowest BCUT2D eigenvalue weighted by atomic mass is 9.58. The van der Waals surface area contributed by atoms with Crippen LogP contribution in [0.2, 0.25) is 0 Å². The number of aryl methyl sites for hydroxylation is 3. The second kappa shape index (κ2) is 7.81. The molecular formula is C29H28BN3. The van der Waals surface area contributed by atoms with Gasteiger partial charge in [0.05, 0.1) is 11.4 Å². The third-order valence-corrected chi connectivity index (χ3v) is 7.13. The van der Waals surface area contributed by atoms with Crippen LogP contribution in [0.4, 0.5) is 22.9 Å². The number of aromatic nitrogens is 1. The molecule has 0 bridgehead atoms. The summed E-state index contributed by atoms with van der Waals surface area (Å²) in [7, 11) is 0. The second-order valence-electron chi connectivity index (χ2n) is 9.45. The minimum atomic E-state index is 0.0195. The number of nitrogens with zero attached hydrogens (tertiary/aromatic N) is 3. The molecule has 2 aliphatic heterocycles. The highest BCUT2D eigenvalue weighted by Crippen LogP contribution is 2.49. The molecule has 3 heterocycles. The number of anilines is 4. The van der Waals surface area contributed by atoms with Crippen molar-refractivity contribution < 1.29 is 0 Å².